The Morgan fingerprint density at radius 2 is 1.82 bits per heavy atom. The fourth-order valence-electron chi connectivity index (χ4n) is 3.86. The first-order valence-electron chi connectivity index (χ1n) is 10.1. The first-order chi connectivity index (χ1) is 15.8. The van der Waals surface area contributed by atoms with Crippen LogP contribution in [-0.2, 0) is 10.0 Å². The number of aromatic nitrogens is 1. The third-order valence-electron chi connectivity index (χ3n) is 5.49. The first kappa shape index (κ1) is 22.8. The van der Waals surface area contributed by atoms with Gasteiger partial charge in [0, 0.05) is 34.6 Å². The first-order valence-corrected chi connectivity index (χ1v) is 12.0. The molecule has 0 unspecified atom stereocenters. The zero-order valence-corrected chi connectivity index (χ0v) is 19.3. The van der Waals surface area contributed by atoms with E-state index in [1.54, 1.807) is 6.07 Å². The topological polar surface area (TPSA) is 114 Å². The number of rotatable bonds is 7. The second-order valence-corrected chi connectivity index (χ2v) is 9.45. The highest BCUT2D eigenvalue weighted by molar-refractivity contribution is 7.89. The average molecular weight is 484 g/mol. The number of nitrogens with one attached hydrogen (secondary N) is 2. The van der Waals surface area contributed by atoms with E-state index < -0.39 is 15.9 Å². The third kappa shape index (κ3) is 4.73. The number of nitrogens with two attached hydrogens (primary N) is 1. The summed E-state index contributed by atoms with van der Waals surface area (Å²) in [6, 6.07) is 19.2. The second kappa shape index (κ2) is 9.27. The van der Waals surface area contributed by atoms with Crippen molar-refractivity contribution < 1.29 is 17.9 Å². The molecule has 0 aliphatic carbocycles. The van der Waals surface area contributed by atoms with Gasteiger partial charge in [-0.1, -0.05) is 48.0 Å². The van der Waals surface area contributed by atoms with Crippen molar-refractivity contribution in [3.63, 3.8) is 0 Å². The van der Waals surface area contributed by atoms with Crippen molar-refractivity contribution in [2.45, 2.75) is 10.8 Å². The molecule has 3 aromatic carbocycles. The number of amides is 1. The lowest BCUT2D eigenvalue weighted by atomic mass is 9.90. The molecule has 4 rings (SSSR count). The maximum Gasteiger partial charge on any atom is 0.255 e. The number of primary sulfonamides is 1. The zero-order valence-electron chi connectivity index (χ0n) is 17.7. The molecule has 7 nitrogen and oxygen atoms in total. The standard InChI is InChI=1S/C24H22ClN3O4S/c1-32-23-11-10-15(33(26,30)31)12-18(23)24(29)28-14-19(16-6-2-4-8-21(16)25)20-13-27-22-9-5-3-7-17(20)22/h2-13,19,27H,14H2,1H3,(H,28,29)(H2,26,30,31)/t19-/m0/s1. The molecule has 4 aromatic rings. The minimum Gasteiger partial charge on any atom is -0.496 e. The number of hydrogen-bond donors (Lipinski definition) is 3. The summed E-state index contributed by atoms with van der Waals surface area (Å²) in [4.78, 5) is 16.2. The van der Waals surface area contributed by atoms with Crippen molar-refractivity contribution in [2.75, 3.05) is 13.7 Å². The Morgan fingerprint density at radius 1 is 1.09 bits per heavy atom. The van der Waals surface area contributed by atoms with E-state index in [2.05, 4.69) is 10.3 Å². The minimum atomic E-state index is -3.98. The fraction of sp³-hybridized carbons (Fsp3) is 0.125. The molecule has 1 amide bonds. The SMILES string of the molecule is COc1ccc(S(N)(=O)=O)cc1C(=O)NC[C@@H](c1ccccc1Cl)c1c[nH]c2ccccc12. The monoisotopic (exact) mass is 483 g/mol. The average Bonchev–Trinajstić information content (AvgIpc) is 3.23. The lowest BCUT2D eigenvalue weighted by molar-refractivity contribution is 0.0949. The Morgan fingerprint density at radius 3 is 2.55 bits per heavy atom. The molecule has 0 bridgehead atoms. The van der Waals surface area contributed by atoms with E-state index in [1.807, 2.05) is 48.7 Å². The molecule has 1 atom stereocenters. The molecule has 0 aliphatic rings. The van der Waals surface area contributed by atoms with Crippen molar-refractivity contribution in [1.29, 1.82) is 0 Å². The lowest BCUT2D eigenvalue weighted by Gasteiger charge is -2.20. The number of hydrogen-bond acceptors (Lipinski definition) is 4. The summed E-state index contributed by atoms with van der Waals surface area (Å²) in [6.07, 6.45) is 1.91. The van der Waals surface area contributed by atoms with Crippen molar-refractivity contribution in [3.8, 4) is 5.75 Å². The second-order valence-electron chi connectivity index (χ2n) is 7.48. The van der Waals surface area contributed by atoms with Gasteiger partial charge in [0.05, 0.1) is 17.6 Å². The molecule has 170 valence electrons. The molecule has 0 radical (unpaired) electrons. The molecule has 0 saturated carbocycles. The number of halogens is 1. The molecule has 1 heterocycles. The van der Waals surface area contributed by atoms with Gasteiger partial charge in [-0.3, -0.25) is 4.79 Å². The summed E-state index contributed by atoms with van der Waals surface area (Å²) in [5.74, 6) is -0.512. The van der Waals surface area contributed by atoms with Crippen LogP contribution in [0.15, 0.2) is 77.8 Å². The van der Waals surface area contributed by atoms with E-state index >= 15 is 0 Å². The number of para-hydroxylation sites is 1. The van der Waals surface area contributed by atoms with Crippen molar-refractivity contribution in [3.05, 3.63) is 94.6 Å². The van der Waals surface area contributed by atoms with Crippen LogP contribution in [0.4, 0.5) is 0 Å². The van der Waals surface area contributed by atoms with Crippen LogP contribution < -0.4 is 15.2 Å². The number of H-pyrrole nitrogens is 1. The highest BCUT2D eigenvalue weighted by atomic mass is 35.5. The normalized spacial score (nSPS) is 12.5. The van der Waals surface area contributed by atoms with E-state index in [1.165, 1.54) is 25.3 Å². The summed E-state index contributed by atoms with van der Waals surface area (Å²) < 4.78 is 28.8. The number of ether oxygens (including phenoxy) is 1. The van der Waals surface area contributed by atoms with Crippen LogP contribution in [-0.4, -0.2) is 33.0 Å². The molecule has 33 heavy (non-hydrogen) atoms. The largest absolute Gasteiger partial charge is 0.496 e. The van der Waals surface area contributed by atoms with Crippen LogP contribution in [0.1, 0.15) is 27.4 Å². The molecule has 1 aromatic heterocycles. The van der Waals surface area contributed by atoms with Crippen molar-refractivity contribution in [2.24, 2.45) is 5.14 Å². The van der Waals surface area contributed by atoms with Gasteiger partial charge in [-0.15, -0.1) is 0 Å². The van der Waals surface area contributed by atoms with Gasteiger partial charge in [0.25, 0.3) is 5.91 Å². The maximum atomic E-state index is 13.1. The predicted molar refractivity (Wildman–Crippen MR) is 128 cm³/mol. The molecule has 0 aliphatic heterocycles. The van der Waals surface area contributed by atoms with Crippen molar-refractivity contribution in [1.82, 2.24) is 10.3 Å². The van der Waals surface area contributed by atoms with E-state index in [0.29, 0.717) is 5.02 Å². The van der Waals surface area contributed by atoms with E-state index in [4.69, 9.17) is 21.5 Å². The Labute approximate surface area is 196 Å². The van der Waals surface area contributed by atoms with Crippen LogP contribution in [0.5, 0.6) is 5.75 Å². The summed E-state index contributed by atoms with van der Waals surface area (Å²) in [5.41, 5.74) is 2.87. The van der Waals surface area contributed by atoms with E-state index in [0.717, 1.165) is 22.0 Å². The number of sulfonamides is 1. The summed E-state index contributed by atoms with van der Waals surface area (Å²) in [6.45, 7) is 0.215. The summed E-state index contributed by atoms with van der Waals surface area (Å²) in [5, 5.41) is 9.73. The number of methoxy groups -OCH3 is 1. The van der Waals surface area contributed by atoms with Gasteiger partial charge in [0.1, 0.15) is 5.75 Å². The quantitative estimate of drug-likeness (QED) is 0.368. The van der Waals surface area contributed by atoms with Gasteiger partial charge in [-0.2, -0.15) is 0 Å². The van der Waals surface area contributed by atoms with Crippen LogP contribution >= 0.6 is 11.6 Å². The number of fused-ring (bicyclic) bond motifs is 1. The van der Waals surface area contributed by atoms with Crippen molar-refractivity contribution >= 4 is 38.4 Å². The van der Waals surface area contributed by atoms with Crippen LogP contribution in [0, 0.1) is 0 Å². The molecular weight excluding hydrogens is 462 g/mol. The third-order valence-corrected chi connectivity index (χ3v) is 6.74. The summed E-state index contributed by atoms with van der Waals surface area (Å²) in [7, 11) is -2.58. The Hall–Kier alpha value is -3.33. The highest BCUT2D eigenvalue weighted by Gasteiger charge is 2.23. The van der Waals surface area contributed by atoms with Gasteiger partial charge >= 0.3 is 0 Å². The molecule has 0 saturated heterocycles. The highest BCUT2D eigenvalue weighted by Crippen LogP contribution is 2.34. The smallest absolute Gasteiger partial charge is 0.255 e. The van der Waals surface area contributed by atoms with Gasteiger partial charge in [0.2, 0.25) is 10.0 Å². The lowest BCUT2D eigenvalue weighted by Crippen LogP contribution is -2.29. The Balaban J connectivity index is 1.70. The van der Waals surface area contributed by atoms with Gasteiger partial charge in [0.15, 0.2) is 0 Å². The van der Waals surface area contributed by atoms with Gasteiger partial charge in [-0.05, 0) is 41.5 Å². The fourth-order valence-corrected chi connectivity index (χ4v) is 4.67. The maximum absolute atomic E-state index is 13.1. The molecule has 0 fully saturated rings. The van der Waals surface area contributed by atoms with Crippen LogP contribution in [0.2, 0.25) is 5.02 Å². The summed E-state index contributed by atoms with van der Waals surface area (Å²) >= 11 is 6.51. The van der Waals surface area contributed by atoms with Crippen LogP contribution in [0.25, 0.3) is 10.9 Å². The van der Waals surface area contributed by atoms with Gasteiger partial charge < -0.3 is 15.0 Å². The molecule has 9 heteroatoms. The Bertz CT molecular complexity index is 1430. The minimum absolute atomic E-state index is 0.0702. The molecular formula is C24H22ClN3O4S. The van der Waals surface area contributed by atoms with E-state index in [9.17, 15) is 13.2 Å². The molecule has 4 N–H and O–H groups in total. The number of carbonyl (C=O) groups is 1. The van der Waals surface area contributed by atoms with Gasteiger partial charge in [-0.25, -0.2) is 13.6 Å². The number of carbonyl (C=O) groups excluding carboxylic acids is 1. The molecule has 0 spiro atoms. The number of benzene rings is 3. The predicted octanol–water partition coefficient (Wildman–Crippen LogP) is 4.04. The zero-order chi connectivity index (χ0) is 23.6. The number of aromatic amines is 1. The Kier molecular flexibility index (Phi) is 6.42. The van der Waals surface area contributed by atoms with Crippen LogP contribution in [0.3, 0.4) is 0 Å². The van der Waals surface area contributed by atoms with E-state index in [-0.39, 0.29) is 28.7 Å².